The molecule has 9 heteroatoms. The van der Waals surface area contributed by atoms with Gasteiger partial charge in [-0.3, -0.25) is 4.90 Å². The highest BCUT2D eigenvalue weighted by molar-refractivity contribution is 14.0. The van der Waals surface area contributed by atoms with Crippen LogP contribution in [0.2, 0.25) is 0 Å². The molecule has 0 spiro atoms. The van der Waals surface area contributed by atoms with Crippen LogP contribution in [0.5, 0.6) is 5.75 Å². The normalized spacial score (nSPS) is 16.4. The number of guanidine groups is 1. The molecule has 1 atom stereocenters. The fraction of sp³-hybridized carbons (Fsp3) is 0.632. The maximum Gasteiger partial charge on any atom is 0.387 e. The fourth-order valence-corrected chi connectivity index (χ4v) is 2.91. The second-order valence-electron chi connectivity index (χ2n) is 6.58. The topological polar surface area (TPSA) is 58.1 Å². The number of para-hydroxylation sites is 1. The number of rotatable bonds is 9. The number of alkyl halides is 2. The van der Waals surface area contributed by atoms with Crippen LogP contribution < -0.4 is 15.4 Å². The van der Waals surface area contributed by atoms with Crippen LogP contribution >= 0.6 is 24.0 Å². The lowest BCUT2D eigenvalue weighted by molar-refractivity contribution is -0.0504. The van der Waals surface area contributed by atoms with Crippen LogP contribution in [0.1, 0.15) is 19.4 Å². The minimum Gasteiger partial charge on any atom is -0.434 e. The van der Waals surface area contributed by atoms with E-state index in [1.165, 1.54) is 6.07 Å². The number of nitrogens with zero attached hydrogens (tertiary/aromatic N) is 2. The summed E-state index contributed by atoms with van der Waals surface area (Å²) in [4.78, 5) is 6.91. The molecule has 0 saturated carbocycles. The van der Waals surface area contributed by atoms with E-state index in [1.807, 2.05) is 6.92 Å². The Morgan fingerprint density at radius 3 is 2.64 bits per heavy atom. The molecule has 0 amide bonds. The zero-order valence-electron chi connectivity index (χ0n) is 16.5. The summed E-state index contributed by atoms with van der Waals surface area (Å²) in [7, 11) is 0. The highest BCUT2D eigenvalue weighted by Gasteiger charge is 2.14. The Bertz CT molecular complexity index is 587. The Hall–Kier alpha value is -1.20. The third-order valence-corrected chi connectivity index (χ3v) is 4.23. The number of aliphatic imine (C=N–C) groups is 1. The van der Waals surface area contributed by atoms with Gasteiger partial charge in [0, 0.05) is 38.3 Å². The Morgan fingerprint density at radius 2 is 1.96 bits per heavy atom. The van der Waals surface area contributed by atoms with Crippen LogP contribution in [-0.4, -0.2) is 63.4 Å². The van der Waals surface area contributed by atoms with Gasteiger partial charge in [-0.05, 0) is 18.9 Å². The lowest BCUT2D eigenvalue weighted by Crippen LogP contribution is -2.44. The van der Waals surface area contributed by atoms with Crippen molar-refractivity contribution in [1.82, 2.24) is 15.5 Å². The van der Waals surface area contributed by atoms with Crippen molar-refractivity contribution < 1.29 is 18.3 Å². The molecular weight excluding hydrogens is 481 g/mol. The molecule has 1 fully saturated rings. The quantitative estimate of drug-likeness (QED) is 0.303. The van der Waals surface area contributed by atoms with E-state index in [0.717, 1.165) is 45.9 Å². The summed E-state index contributed by atoms with van der Waals surface area (Å²) in [6.45, 7) is 7.63. The number of ether oxygens (including phenoxy) is 2. The van der Waals surface area contributed by atoms with Crippen molar-refractivity contribution in [2.24, 2.45) is 10.9 Å². The van der Waals surface area contributed by atoms with E-state index in [4.69, 9.17) is 4.74 Å². The standard InChI is InChI=1S/C19H30F2N4O2.HI/c1-3-22-19(23-12-15(2)14-25-8-10-26-11-9-25)24-13-16-6-4-5-7-17(16)27-18(20)21;/h4-7,15,18H,3,8-14H2,1-2H3,(H2,22,23,24);1H. The van der Waals surface area contributed by atoms with Gasteiger partial charge >= 0.3 is 6.61 Å². The molecule has 0 radical (unpaired) electrons. The maximum atomic E-state index is 12.5. The van der Waals surface area contributed by atoms with E-state index in [0.29, 0.717) is 17.4 Å². The van der Waals surface area contributed by atoms with E-state index in [9.17, 15) is 8.78 Å². The lowest BCUT2D eigenvalue weighted by atomic mass is 10.1. The summed E-state index contributed by atoms with van der Waals surface area (Å²) >= 11 is 0. The minimum absolute atomic E-state index is 0. The van der Waals surface area contributed by atoms with E-state index >= 15 is 0 Å². The first-order valence-electron chi connectivity index (χ1n) is 9.43. The largest absolute Gasteiger partial charge is 0.434 e. The van der Waals surface area contributed by atoms with Gasteiger partial charge in [-0.2, -0.15) is 8.78 Å². The number of halogens is 3. The number of morpholine rings is 1. The number of hydrogen-bond acceptors (Lipinski definition) is 4. The fourth-order valence-electron chi connectivity index (χ4n) is 2.91. The summed E-state index contributed by atoms with van der Waals surface area (Å²) < 4.78 is 35.0. The van der Waals surface area contributed by atoms with Gasteiger partial charge in [-0.15, -0.1) is 24.0 Å². The molecule has 1 aliphatic heterocycles. The second-order valence-corrected chi connectivity index (χ2v) is 6.58. The number of nitrogens with one attached hydrogen (secondary N) is 2. The SMILES string of the molecule is CCNC(=NCc1ccccc1OC(F)F)NCC(C)CN1CCOCC1.I. The van der Waals surface area contributed by atoms with Crippen LogP contribution in [0.3, 0.4) is 0 Å². The molecule has 0 aromatic heterocycles. The van der Waals surface area contributed by atoms with Crippen molar-refractivity contribution >= 4 is 29.9 Å². The molecule has 0 bridgehead atoms. The summed E-state index contributed by atoms with van der Waals surface area (Å²) in [5.41, 5.74) is 0.622. The Labute approximate surface area is 183 Å². The first kappa shape index (κ1) is 24.8. The van der Waals surface area contributed by atoms with Crippen molar-refractivity contribution in [3.63, 3.8) is 0 Å². The van der Waals surface area contributed by atoms with E-state index in [-0.39, 0.29) is 36.3 Å². The predicted octanol–water partition coefficient (Wildman–Crippen LogP) is 2.93. The van der Waals surface area contributed by atoms with Crippen LogP contribution in [0, 0.1) is 5.92 Å². The van der Waals surface area contributed by atoms with Crippen molar-refractivity contribution in [2.75, 3.05) is 45.9 Å². The molecule has 1 unspecified atom stereocenters. The second kappa shape index (κ2) is 13.9. The summed E-state index contributed by atoms with van der Waals surface area (Å²) in [5, 5.41) is 6.52. The van der Waals surface area contributed by atoms with Crippen LogP contribution in [-0.2, 0) is 11.3 Å². The molecule has 1 heterocycles. The molecule has 6 nitrogen and oxygen atoms in total. The molecule has 1 aromatic rings. The molecule has 28 heavy (non-hydrogen) atoms. The maximum absolute atomic E-state index is 12.5. The summed E-state index contributed by atoms with van der Waals surface area (Å²) in [5.74, 6) is 1.27. The first-order valence-corrected chi connectivity index (χ1v) is 9.43. The van der Waals surface area contributed by atoms with Crippen molar-refractivity contribution in [3.05, 3.63) is 29.8 Å². The average molecular weight is 512 g/mol. The summed E-state index contributed by atoms with van der Waals surface area (Å²) in [6, 6.07) is 6.73. The van der Waals surface area contributed by atoms with Gasteiger partial charge in [0.1, 0.15) is 5.75 Å². The van der Waals surface area contributed by atoms with Gasteiger partial charge in [-0.1, -0.05) is 25.1 Å². The third kappa shape index (κ3) is 9.33. The number of hydrogen-bond donors (Lipinski definition) is 2. The van der Waals surface area contributed by atoms with Gasteiger partial charge < -0.3 is 20.1 Å². The Kier molecular flexibility index (Phi) is 12.3. The van der Waals surface area contributed by atoms with E-state index in [1.54, 1.807) is 18.2 Å². The molecule has 1 aliphatic rings. The molecule has 2 rings (SSSR count). The molecule has 1 saturated heterocycles. The van der Waals surface area contributed by atoms with E-state index in [2.05, 4.69) is 32.2 Å². The molecule has 2 N–H and O–H groups in total. The third-order valence-electron chi connectivity index (χ3n) is 4.23. The van der Waals surface area contributed by atoms with Crippen LogP contribution in [0.15, 0.2) is 29.3 Å². The zero-order valence-corrected chi connectivity index (χ0v) is 18.8. The van der Waals surface area contributed by atoms with Gasteiger partial charge in [0.15, 0.2) is 5.96 Å². The number of benzene rings is 1. The van der Waals surface area contributed by atoms with Crippen LogP contribution in [0.25, 0.3) is 0 Å². The molecule has 1 aromatic carbocycles. The molecular formula is C19H31F2IN4O2. The van der Waals surface area contributed by atoms with Gasteiger partial charge in [0.25, 0.3) is 0 Å². The monoisotopic (exact) mass is 512 g/mol. The smallest absolute Gasteiger partial charge is 0.387 e. The molecule has 0 aliphatic carbocycles. The molecule has 160 valence electrons. The van der Waals surface area contributed by atoms with Crippen LogP contribution in [0.4, 0.5) is 8.78 Å². The van der Waals surface area contributed by atoms with Crippen molar-refractivity contribution in [1.29, 1.82) is 0 Å². The first-order chi connectivity index (χ1) is 13.1. The minimum atomic E-state index is -2.84. The van der Waals surface area contributed by atoms with E-state index < -0.39 is 6.61 Å². The highest BCUT2D eigenvalue weighted by atomic mass is 127. The highest BCUT2D eigenvalue weighted by Crippen LogP contribution is 2.20. The van der Waals surface area contributed by atoms with Crippen molar-refractivity contribution in [3.8, 4) is 5.75 Å². The Morgan fingerprint density at radius 1 is 1.25 bits per heavy atom. The average Bonchev–Trinajstić information content (AvgIpc) is 2.65. The van der Waals surface area contributed by atoms with Gasteiger partial charge in [-0.25, -0.2) is 4.99 Å². The Balaban J connectivity index is 0.00000392. The summed E-state index contributed by atoms with van der Waals surface area (Å²) in [6.07, 6.45) is 0. The van der Waals surface area contributed by atoms with Gasteiger partial charge in [0.05, 0.1) is 19.8 Å². The predicted molar refractivity (Wildman–Crippen MR) is 118 cm³/mol. The zero-order chi connectivity index (χ0) is 19.5. The van der Waals surface area contributed by atoms with Crippen molar-refractivity contribution in [2.45, 2.75) is 27.0 Å². The van der Waals surface area contributed by atoms with Gasteiger partial charge in [0.2, 0.25) is 0 Å². The lowest BCUT2D eigenvalue weighted by Gasteiger charge is -2.29.